The summed E-state index contributed by atoms with van der Waals surface area (Å²) >= 11 is 0. The number of amides is 1. The number of benzene rings is 2. The maximum Gasteiger partial charge on any atom is 0.231 e. The van der Waals surface area contributed by atoms with Gasteiger partial charge in [-0.25, -0.2) is 0 Å². The predicted molar refractivity (Wildman–Crippen MR) is 108 cm³/mol. The topological polar surface area (TPSA) is 76.5 Å². The van der Waals surface area contributed by atoms with Crippen LogP contribution in [0.4, 0.5) is 0 Å². The number of carbonyl (C=O) groups is 1. The fraction of sp³-hybridized carbons (Fsp3) is 0.174. The summed E-state index contributed by atoms with van der Waals surface area (Å²) in [7, 11) is 0. The molecule has 2 aromatic carbocycles. The highest BCUT2D eigenvalue weighted by Gasteiger charge is 2.24. The van der Waals surface area contributed by atoms with Gasteiger partial charge in [0.1, 0.15) is 5.76 Å². The van der Waals surface area contributed by atoms with Crippen LogP contribution in [0.1, 0.15) is 29.2 Å². The van der Waals surface area contributed by atoms with Crippen molar-refractivity contribution in [3.05, 3.63) is 83.9 Å². The molecule has 0 saturated carbocycles. The number of rotatable bonds is 6. The van der Waals surface area contributed by atoms with Crippen molar-refractivity contribution in [1.29, 1.82) is 0 Å². The van der Waals surface area contributed by atoms with Gasteiger partial charge in [-0.05, 0) is 41.5 Å². The molecule has 3 heterocycles. The minimum absolute atomic E-state index is 0.0469. The third-order valence-corrected chi connectivity index (χ3v) is 5.23. The molecule has 0 aliphatic carbocycles. The number of fused-ring (bicyclic) bond motifs is 2. The first-order chi connectivity index (χ1) is 14.3. The van der Waals surface area contributed by atoms with Crippen LogP contribution in [0, 0.1) is 0 Å². The Morgan fingerprint density at radius 2 is 1.97 bits per heavy atom. The van der Waals surface area contributed by atoms with Crippen LogP contribution in [0.5, 0.6) is 11.5 Å². The fourth-order valence-electron chi connectivity index (χ4n) is 3.78. The first-order valence-electron chi connectivity index (χ1n) is 9.52. The van der Waals surface area contributed by atoms with Gasteiger partial charge in [0.05, 0.1) is 12.8 Å². The molecule has 146 valence electrons. The van der Waals surface area contributed by atoms with Crippen molar-refractivity contribution in [2.45, 2.75) is 18.9 Å². The van der Waals surface area contributed by atoms with Gasteiger partial charge in [0.25, 0.3) is 0 Å². The lowest BCUT2D eigenvalue weighted by atomic mass is 9.87. The van der Waals surface area contributed by atoms with Crippen LogP contribution in [0.3, 0.4) is 0 Å². The number of hydrogen-bond acceptors (Lipinski definition) is 4. The van der Waals surface area contributed by atoms with Gasteiger partial charge in [0.2, 0.25) is 12.7 Å². The number of furan rings is 1. The second-order valence-electron chi connectivity index (χ2n) is 7.02. The Morgan fingerprint density at radius 1 is 1.07 bits per heavy atom. The molecule has 6 heteroatoms. The number of H-pyrrole nitrogens is 1. The molecule has 0 bridgehead atoms. The highest BCUT2D eigenvalue weighted by atomic mass is 16.7. The van der Waals surface area contributed by atoms with Gasteiger partial charge in [0, 0.05) is 29.4 Å². The number of hydrogen-bond donors (Lipinski definition) is 2. The molecule has 0 spiro atoms. The van der Waals surface area contributed by atoms with Gasteiger partial charge >= 0.3 is 0 Å². The highest BCUT2D eigenvalue weighted by Crippen LogP contribution is 2.39. The van der Waals surface area contributed by atoms with E-state index in [-0.39, 0.29) is 18.6 Å². The molecule has 0 saturated heterocycles. The van der Waals surface area contributed by atoms with Crippen molar-refractivity contribution in [2.75, 3.05) is 6.79 Å². The Kier molecular flexibility index (Phi) is 4.44. The molecule has 1 amide bonds. The average molecular weight is 388 g/mol. The second kappa shape index (κ2) is 7.39. The normalized spacial score (nSPS) is 13.5. The van der Waals surface area contributed by atoms with Crippen LogP contribution in [-0.4, -0.2) is 17.7 Å². The lowest BCUT2D eigenvalue weighted by Crippen LogP contribution is -2.24. The Morgan fingerprint density at radius 3 is 2.86 bits per heavy atom. The van der Waals surface area contributed by atoms with E-state index in [1.165, 1.54) is 0 Å². The average Bonchev–Trinajstić information content (AvgIpc) is 3.50. The minimum atomic E-state index is -0.128. The van der Waals surface area contributed by atoms with Gasteiger partial charge in [-0.3, -0.25) is 4.79 Å². The Labute approximate surface area is 167 Å². The quantitative estimate of drug-likeness (QED) is 0.516. The van der Waals surface area contributed by atoms with Crippen LogP contribution < -0.4 is 14.8 Å². The third-order valence-electron chi connectivity index (χ3n) is 5.23. The minimum Gasteiger partial charge on any atom is -0.467 e. The summed E-state index contributed by atoms with van der Waals surface area (Å²) in [6.45, 7) is 0.591. The van der Waals surface area contributed by atoms with E-state index in [1.54, 1.807) is 6.26 Å². The molecule has 1 aliphatic rings. The van der Waals surface area contributed by atoms with E-state index in [0.717, 1.165) is 33.5 Å². The van der Waals surface area contributed by atoms with E-state index in [4.69, 9.17) is 13.9 Å². The van der Waals surface area contributed by atoms with Crippen LogP contribution in [0.25, 0.3) is 10.9 Å². The second-order valence-corrected chi connectivity index (χ2v) is 7.02. The molecule has 2 aromatic heterocycles. The van der Waals surface area contributed by atoms with Gasteiger partial charge < -0.3 is 24.2 Å². The highest BCUT2D eigenvalue weighted by molar-refractivity contribution is 5.86. The zero-order valence-corrected chi connectivity index (χ0v) is 15.7. The molecule has 4 aromatic rings. The van der Waals surface area contributed by atoms with Gasteiger partial charge in [-0.2, -0.15) is 0 Å². The van der Waals surface area contributed by atoms with E-state index in [9.17, 15) is 4.79 Å². The van der Waals surface area contributed by atoms with Crippen molar-refractivity contribution in [2.24, 2.45) is 0 Å². The van der Waals surface area contributed by atoms with Gasteiger partial charge in [0.15, 0.2) is 11.5 Å². The van der Waals surface area contributed by atoms with Crippen LogP contribution in [0.2, 0.25) is 0 Å². The van der Waals surface area contributed by atoms with Crippen LogP contribution in [-0.2, 0) is 11.3 Å². The summed E-state index contributed by atoms with van der Waals surface area (Å²) < 4.78 is 16.3. The number of carbonyl (C=O) groups excluding carboxylic acids is 1. The first-order valence-corrected chi connectivity index (χ1v) is 9.52. The summed E-state index contributed by atoms with van der Waals surface area (Å²) in [6, 6.07) is 17.6. The molecule has 6 nitrogen and oxygen atoms in total. The molecule has 0 radical (unpaired) electrons. The largest absolute Gasteiger partial charge is 0.467 e. The Bertz CT molecular complexity index is 1150. The predicted octanol–water partition coefficient (Wildman–Crippen LogP) is 4.33. The van der Waals surface area contributed by atoms with E-state index in [1.807, 2.05) is 54.7 Å². The fourth-order valence-corrected chi connectivity index (χ4v) is 3.78. The number of aromatic nitrogens is 1. The Hall–Kier alpha value is -3.67. The first kappa shape index (κ1) is 17.4. The van der Waals surface area contributed by atoms with Crippen LogP contribution >= 0.6 is 0 Å². The molecule has 2 N–H and O–H groups in total. The molecule has 1 unspecified atom stereocenters. The number of aromatic amines is 1. The van der Waals surface area contributed by atoms with E-state index < -0.39 is 0 Å². The SMILES string of the molecule is O=C(CC(c1ccc2c(c1)OCO2)c1c[nH]c2ccccc12)NCc1ccco1. The van der Waals surface area contributed by atoms with E-state index >= 15 is 0 Å². The maximum atomic E-state index is 12.8. The van der Waals surface area contributed by atoms with Crippen molar-refractivity contribution in [3.8, 4) is 11.5 Å². The standard InChI is InChI=1S/C23H20N2O4/c26-23(25-12-16-4-3-9-27-16)11-18(15-7-8-21-22(10-15)29-14-28-21)19-13-24-20-6-2-1-5-17(19)20/h1-10,13,18,24H,11-12,14H2,(H,25,26). The number of ether oxygens (including phenoxy) is 2. The molecule has 1 aliphatic heterocycles. The summed E-state index contributed by atoms with van der Waals surface area (Å²) in [5.74, 6) is 1.99. The smallest absolute Gasteiger partial charge is 0.231 e. The molecular formula is C23H20N2O4. The summed E-state index contributed by atoms with van der Waals surface area (Å²) in [6.07, 6.45) is 3.89. The molecule has 29 heavy (non-hydrogen) atoms. The summed E-state index contributed by atoms with van der Waals surface area (Å²) in [5, 5.41) is 4.05. The maximum absolute atomic E-state index is 12.8. The lowest BCUT2D eigenvalue weighted by Gasteiger charge is -2.17. The number of para-hydroxylation sites is 1. The Balaban J connectivity index is 1.46. The van der Waals surface area contributed by atoms with Gasteiger partial charge in [-0.1, -0.05) is 24.3 Å². The molecule has 5 rings (SSSR count). The van der Waals surface area contributed by atoms with Crippen molar-refractivity contribution in [1.82, 2.24) is 10.3 Å². The van der Waals surface area contributed by atoms with Crippen LogP contribution in [0.15, 0.2) is 71.5 Å². The zero-order chi connectivity index (χ0) is 19.6. The van der Waals surface area contributed by atoms with Crippen molar-refractivity contribution < 1.29 is 18.7 Å². The van der Waals surface area contributed by atoms with E-state index in [0.29, 0.717) is 18.7 Å². The zero-order valence-electron chi connectivity index (χ0n) is 15.7. The van der Waals surface area contributed by atoms with E-state index in [2.05, 4.69) is 16.4 Å². The summed E-state index contributed by atoms with van der Waals surface area (Å²) in [4.78, 5) is 16.1. The number of nitrogens with one attached hydrogen (secondary N) is 2. The monoisotopic (exact) mass is 388 g/mol. The van der Waals surface area contributed by atoms with Gasteiger partial charge in [-0.15, -0.1) is 0 Å². The lowest BCUT2D eigenvalue weighted by molar-refractivity contribution is -0.121. The van der Waals surface area contributed by atoms with Crippen molar-refractivity contribution in [3.63, 3.8) is 0 Å². The molecular weight excluding hydrogens is 368 g/mol. The molecule has 0 fully saturated rings. The van der Waals surface area contributed by atoms with Crippen molar-refractivity contribution >= 4 is 16.8 Å². The summed E-state index contributed by atoms with van der Waals surface area (Å²) in [5.41, 5.74) is 3.13. The molecule has 1 atom stereocenters. The third kappa shape index (κ3) is 3.45.